The molecule has 1 radical (unpaired) electrons. The van der Waals surface area contributed by atoms with Crippen LogP contribution in [0.25, 0.3) is 43.5 Å². The van der Waals surface area contributed by atoms with E-state index in [0.29, 0.717) is 50.6 Å². The molecule has 587 valence electrons. The zero-order chi connectivity index (χ0) is 77.4. The van der Waals surface area contributed by atoms with E-state index in [-0.39, 0.29) is 94.0 Å². The first-order valence-corrected chi connectivity index (χ1v) is 37.4. The number of anilines is 1. The van der Waals surface area contributed by atoms with Gasteiger partial charge in [0.05, 0.1) is 36.4 Å². The number of benzene rings is 1. The van der Waals surface area contributed by atoms with Gasteiger partial charge in [-0.3, -0.25) is 42.6 Å². The van der Waals surface area contributed by atoms with Gasteiger partial charge in [0.2, 0.25) is 41.4 Å². The molecule has 32 nitrogen and oxygen atoms in total. The van der Waals surface area contributed by atoms with Crippen LogP contribution in [0.5, 0.6) is 0 Å². The number of aryl methyl sites for hydroxylation is 3. The number of nitrogens with one attached hydrogen (secondary N) is 1. The Kier molecular flexibility index (Phi) is 26.2. The molecule has 4 aromatic rings. The van der Waals surface area contributed by atoms with Crippen molar-refractivity contribution in [3.05, 3.63) is 105 Å². The van der Waals surface area contributed by atoms with Crippen LogP contribution in [0, 0.1) is 66.1 Å². The van der Waals surface area contributed by atoms with Crippen molar-refractivity contribution in [3.63, 3.8) is 0 Å². The molecule has 106 heavy (non-hydrogen) atoms. The number of aromatic nitrogens is 6. The van der Waals surface area contributed by atoms with Gasteiger partial charge in [0.15, 0.2) is 17.7 Å². The van der Waals surface area contributed by atoms with E-state index >= 15 is 0 Å². The molecule has 0 aliphatic carbocycles. The smallest absolute Gasteiger partial charge is 0.472 e. The van der Waals surface area contributed by atoms with Crippen molar-refractivity contribution in [2.75, 3.05) is 18.9 Å². The second-order valence-electron chi connectivity index (χ2n) is 31.0. The summed E-state index contributed by atoms with van der Waals surface area (Å²) < 4.78 is 34.3. The number of hydrogen-bond acceptors (Lipinski definition) is 17. The first-order valence-electron chi connectivity index (χ1n) is 35.9. The second-order valence-corrected chi connectivity index (χ2v) is 32.3. The molecule has 1 aromatic carbocycles. The van der Waals surface area contributed by atoms with E-state index in [1.807, 2.05) is 92.0 Å². The van der Waals surface area contributed by atoms with Crippen LogP contribution in [0.3, 0.4) is 0 Å². The molecular weight excluding hydrogens is 1430 g/mol. The number of nitrogen functional groups attached to an aromatic ring is 1. The topological polar surface area (TPSA) is 537 Å². The van der Waals surface area contributed by atoms with Crippen molar-refractivity contribution in [1.82, 2.24) is 29.8 Å². The van der Waals surface area contributed by atoms with Crippen LogP contribution in [-0.4, -0.2) is 143 Å². The molecule has 34 heteroatoms. The first-order chi connectivity index (χ1) is 49.2. The van der Waals surface area contributed by atoms with E-state index in [1.54, 1.807) is 10.9 Å². The number of amides is 7. The Bertz CT molecular complexity index is 4130. The number of phosphoric acid groups is 1. The number of imidazole rings is 2. The monoisotopic (exact) mass is 1540 g/mol. The van der Waals surface area contributed by atoms with Crippen LogP contribution in [0.2, 0.25) is 0 Å². The molecule has 5 fully saturated rings. The number of ether oxygens (including phenoxy) is 1. The van der Waals surface area contributed by atoms with Crippen molar-refractivity contribution >= 4 is 77.2 Å². The maximum atomic E-state index is 14.4. The molecule has 7 amide bonds. The number of rotatable bonds is 30. The summed E-state index contributed by atoms with van der Waals surface area (Å²) in [5.74, 6) is -6.42. The van der Waals surface area contributed by atoms with Gasteiger partial charge in [-0.1, -0.05) is 60.0 Å². The molecule has 6 aliphatic rings. The minimum Gasteiger partial charge on any atom is -0.685 e. The Morgan fingerprint density at radius 2 is 1.39 bits per heavy atom. The van der Waals surface area contributed by atoms with E-state index < -0.39 is 161 Å². The molecule has 10 rings (SSSR count). The van der Waals surface area contributed by atoms with Crippen LogP contribution < -0.4 is 55.0 Å². The predicted molar refractivity (Wildman–Crippen MR) is 390 cm³/mol. The molecule has 8 bridgehead atoms. The van der Waals surface area contributed by atoms with E-state index in [9.17, 15) is 53.2 Å². The van der Waals surface area contributed by atoms with E-state index in [2.05, 4.69) is 32.2 Å². The molecule has 0 saturated carbocycles. The molecule has 18 atom stereocenters. The van der Waals surface area contributed by atoms with Crippen molar-refractivity contribution < 1.29 is 88.4 Å². The SMILES string of the molecule is C/C1=C2/[N-][C@H]([C@H](CC(N)=O)[C@@]2(C)CCC(=O)NC[C@@H](C)OP(=O)(O)O[C@H]2[C@@H](O)[C@@H]([n+]3c[n-]c4cc(C)c(C)cc43)O[C@@H]2CO)[C@]2(C)[N-]C(/C(C)=C3\[N-]C(/C=C4\[N-]C1[C@@H](CCC(N)=O)C4(C)C)[C@@H](CCC(N)=O)[C@]3(C)CC(N)=O)[C@@H](CCC(N)=O)[C@]2(C)CC(N)=O.[CH2-]CCCCn1cnc2c(N)ncnc21.[Co]. The third-order valence-corrected chi connectivity index (χ3v) is 24.7. The molecule has 5 saturated heterocycles. The predicted octanol–water partition coefficient (Wildman–Crippen LogP) is 5.31. The zero-order valence-corrected chi connectivity index (χ0v) is 64.3. The number of unbranched alkanes of at least 4 members (excludes halogenated alkanes) is 2. The third-order valence-electron chi connectivity index (χ3n) is 23.5. The summed E-state index contributed by atoms with van der Waals surface area (Å²) in [6.45, 7) is 24.2. The summed E-state index contributed by atoms with van der Waals surface area (Å²) in [6.07, 6.45) is 2.43. The summed E-state index contributed by atoms with van der Waals surface area (Å²) in [4.78, 5) is 121. The quantitative estimate of drug-likeness (QED) is 0.0136. The van der Waals surface area contributed by atoms with Gasteiger partial charge in [0.25, 0.3) is 0 Å². The summed E-state index contributed by atoms with van der Waals surface area (Å²) in [5, 5.41) is 46.9. The average molecular weight is 1540 g/mol. The second kappa shape index (κ2) is 33.1. The Morgan fingerprint density at radius 1 is 0.774 bits per heavy atom. The summed E-state index contributed by atoms with van der Waals surface area (Å²) in [5.41, 5.74) is 43.4. The fourth-order valence-electron chi connectivity index (χ4n) is 17.6. The average Bonchev–Trinajstić information content (AvgIpc) is 1.53. The molecule has 9 heterocycles. The number of nitrogens with two attached hydrogens (primary N) is 7. The number of carbonyl (C=O) groups excluding carboxylic acids is 7. The number of nitrogens with zero attached hydrogens (tertiary/aromatic N) is 10. The van der Waals surface area contributed by atoms with Gasteiger partial charge < -0.3 is 103 Å². The summed E-state index contributed by atoms with van der Waals surface area (Å²) in [6, 6.07) is 0.417. The van der Waals surface area contributed by atoms with Crippen molar-refractivity contribution in [2.45, 2.75) is 233 Å². The molecule has 6 aliphatic heterocycles. The van der Waals surface area contributed by atoms with Gasteiger partial charge >= 0.3 is 7.82 Å². The number of carbonyl (C=O) groups is 7. The minimum atomic E-state index is -5.06. The van der Waals surface area contributed by atoms with Gasteiger partial charge in [-0.2, -0.15) is 23.5 Å². The number of primary amides is 6. The molecular formula is C72H106CoN18O14P-5. The molecule has 3 aromatic heterocycles. The summed E-state index contributed by atoms with van der Waals surface area (Å²) in [7, 11) is -5.06. The van der Waals surface area contributed by atoms with E-state index in [1.165, 1.54) is 19.6 Å². The van der Waals surface area contributed by atoms with Crippen LogP contribution in [0.15, 0.2) is 65.4 Å². The minimum absolute atomic E-state index is 0. The maximum Gasteiger partial charge on any atom is 0.472 e. The van der Waals surface area contributed by atoms with Gasteiger partial charge in [0, 0.05) is 74.8 Å². The van der Waals surface area contributed by atoms with Crippen molar-refractivity contribution in [3.8, 4) is 0 Å². The van der Waals surface area contributed by atoms with Crippen LogP contribution >= 0.6 is 7.82 Å². The van der Waals surface area contributed by atoms with Crippen molar-refractivity contribution in [2.24, 2.45) is 79.7 Å². The molecule has 18 N–H and O–H groups in total. The van der Waals surface area contributed by atoms with Crippen LogP contribution in [0.1, 0.15) is 170 Å². The van der Waals surface area contributed by atoms with Crippen molar-refractivity contribution in [1.29, 1.82) is 0 Å². The maximum absolute atomic E-state index is 14.4. The normalized spacial score (nSPS) is 32.7. The standard InChI is InChI=1S/C62H92N13O14P.C10H14N5.Co/c1-29-20-39-40(21-30(29)2)75(28-70-39)57-52(84)53(41(27-76)87-57)89-90(85,86)88-31(3)26-69-49(83)18-19-59(8)37(22-46(66)80)56-62(11)61(10,25-48(68)82)36(14-17-45(65)79)51(74-62)33(5)55-60(9,24-47(67)81)34(12-15-43(63)77)38(71-55)23-42-58(6,7)35(13-16-44(64)78)50(72-42)32(4)54(59)73-56;1-2-3-4-5-15-7-14-8-9(11)12-6-13-10(8)15;/h20-21,23,28,31,34-38,41,50-53,56-57,76,84H,12-19,22,24-27H2,1-11H3,(H14,63,64,65,66,67,68,69,77,78,79,80,81,82,83,85,86);6-7H,1-5H2,(H2,11,12,13);/q-4;-1;/b42-23-,54-32-,55-33-;;/t31-,34-,35-,36-,37+,38?,41-,50?,51?,52-,53-,56-,57+,59-,60+,61+,62+;;/m1../s1. The molecule has 4 unspecified atom stereocenters. The number of aliphatic hydroxyl groups is 2. The number of aliphatic hydroxyl groups excluding tert-OH is 2. The Balaban J connectivity index is 0.000000783. The van der Waals surface area contributed by atoms with Gasteiger partial charge in [-0.25, -0.2) is 24.5 Å². The fourth-order valence-corrected chi connectivity index (χ4v) is 18.8. The third kappa shape index (κ3) is 17.0. The number of hydrogen-bond donors (Lipinski definition) is 11. The Morgan fingerprint density at radius 3 is 2.00 bits per heavy atom. The number of fused-ring (bicyclic) bond motifs is 11. The van der Waals surface area contributed by atoms with Gasteiger partial charge in [-0.05, 0) is 135 Å². The largest absolute Gasteiger partial charge is 0.685 e. The Labute approximate surface area is 628 Å². The van der Waals surface area contributed by atoms with Gasteiger partial charge in [-0.15, -0.1) is 34.8 Å². The number of phosphoric ester groups is 1. The van der Waals surface area contributed by atoms with Crippen LogP contribution in [0.4, 0.5) is 5.82 Å². The number of allylic oxidation sites excluding steroid dienone is 3. The van der Waals surface area contributed by atoms with E-state index in [4.69, 9.17) is 75.2 Å². The zero-order valence-electron chi connectivity index (χ0n) is 62.3. The van der Waals surface area contributed by atoms with Crippen LogP contribution in [-0.2, 0) is 75.2 Å². The van der Waals surface area contributed by atoms with E-state index in [0.717, 1.165) is 42.6 Å². The molecule has 0 spiro atoms. The first kappa shape index (κ1) is 84.0. The Hall–Kier alpha value is -7.59. The fraction of sp³-hybridized carbons (Fsp3) is 0.639. The van der Waals surface area contributed by atoms with Gasteiger partial charge in [0.1, 0.15) is 30.2 Å². The summed E-state index contributed by atoms with van der Waals surface area (Å²) >= 11 is 0.